The molecule has 0 aliphatic carbocycles. The van der Waals surface area contributed by atoms with Gasteiger partial charge in [0.15, 0.2) is 6.61 Å². The Labute approximate surface area is 197 Å². The number of unbranched alkanes of at least 4 members (excludes halogenated alkanes) is 1. The summed E-state index contributed by atoms with van der Waals surface area (Å²) in [6.07, 6.45) is 3.07. The average Bonchev–Trinajstić information content (AvgIpc) is 2.85. The zero-order valence-electron chi connectivity index (χ0n) is 20.1. The van der Waals surface area contributed by atoms with Crippen molar-refractivity contribution < 1.29 is 23.8 Å². The van der Waals surface area contributed by atoms with Crippen LogP contribution in [0.2, 0.25) is 0 Å². The van der Waals surface area contributed by atoms with E-state index in [1.54, 1.807) is 37.3 Å². The summed E-state index contributed by atoms with van der Waals surface area (Å²) < 4.78 is 16.3. The van der Waals surface area contributed by atoms with E-state index in [1.807, 2.05) is 37.3 Å². The molecule has 0 unspecified atom stereocenters. The maximum Gasteiger partial charge on any atom is 0.261 e. The lowest BCUT2D eigenvalue weighted by molar-refractivity contribution is -0.142. The van der Waals surface area contributed by atoms with Crippen LogP contribution >= 0.6 is 0 Å². The Morgan fingerprint density at radius 3 is 2.18 bits per heavy atom. The van der Waals surface area contributed by atoms with E-state index in [9.17, 15) is 9.59 Å². The van der Waals surface area contributed by atoms with E-state index in [0.717, 1.165) is 18.4 Å². The molecule has 1 N–H and O–H groups in total. The van der Waals surface area contributed by atoms with Crippen molar-refractivity contribution in [3.05, 3.63) is 54.1 Å². The van der Waals surface area contributed by atoms with Crippen molar-refractivity contribution in [2.45, 2.75) is 45.6 Å². The van der Waals surface area contributed by atoms with Crippen molar-refractivity contribution in [3.8, 4) is 17.2 Å². The van der Waals surface area contributed by atoms with Crippen LogP contribution in [0.1, 0.15) is 38.7 Å². The molecule has 2 aromatic carbocycles. The third-order valence-electron chi connectivity index (χ3n) is 5.39. The summed E-state index contributed by atoms with van der Waals surface area (Å²) in [7, 11) is 3.11. The third kappa shape index (κ3) is 8.33. The SMILES string of the molecule is CCCCNC(=O)[C@H](CC)N(CCc1ccccc1)C(=O)COc1cc(OC)cc(OC)c1. The van der Waals surface area contributed by atoms with Gasteiger partial charge in [0.2, 0.25) is 5.91 Å². The van der Waals surface area contributed by atoms with E-state index >= 15 is 0 Å². The monoisotopic (exact) mass is 456 g/mol. The van der Waals surface area contributed by atoms with Crippen LogP contribution in [0.15, 0.2) is 48.5 Å². The number of nitrogens with zero attached hydrogens (tertiary/aromatic N) is 1. The predicted molar refractivity (Wildman–Crippen MR) is 129 cm³/mol. The Morgan fingerprint density at radius 2 is 1.61 bits per heavy atom. The standard InChI is InChI=1S/C26H36N2O5/c1-5-7-14-27-26(30)24(6-2)28(15-13-20-11-9-8-10-12-20)25(29)19-33-23-17-21(31-3)16-22(18-23)32-4/h8-12,16-18,24H,5-7,13-15,19H2,1-4H3,(H,27,30)/t24-/m0/s1. The van der Waals surface area contributed by atoms with E-state index in [-0.39, 0.29) is 18.4 Å². The minimum absolute atomic E-state index is 0.129. The molecule has 0 aliphatic heterocycles. The van der Waals surface area contributed by atoms with Crippen molar-refractivity contribution in [2.75, 3.05) is 33.9 Å². The molecule has 0 saturated carbocycles. The van der Waals surface area contributed by atoms with E-state index in [0.29, 0.717) is 43.2 Å². The van der Waals surface area contributed by atoms with Crippen molar-refractivity contribution in [1.82, 2.24) is 10.2 Å². The van der Waals surface area contributed by atoms with Crippen LogP contribution in [0.25, 0.3) is 0 Å². The number of ether oxygens (including phenoxy) is 3. The van der Waals surface area contributed by atoms with Crippen LogP contribution in [0.4, 0.5) is 0 Å². The highest BCUT2D eigenvalue weighted by Crippen LogP contribution is 2.27. The van der Waals surface area contributed by atoms with Gasteiger partial charge in [0.25, 0.3) is 5.91 Å². The number of hydrogen-bond donors (Lipinski definition) is 1. The van der Waals surface area contributed by atoms with Crippen LogP contribution in [-0.2, 0) is 16.0 Å². The second kappa shape index (κ2) is 14.0. The van der Waals surface area contributed by atoms with Gasteiger partial charge in [-0.2, -0.15) is 0 Å². The lowest BCUT2D eigenvalue weighted by Gasteiger charge is -2.30. The number of nitrogens with one attached hydrogen (secondary N) is 1. The topological polar surface area (TPSA) is 77.1 Å². The van der Waals surface area contributed by atoms with Gasteiger partial charge in [-0.15, -0.1) is 0 Å². The number of amides is 2. The minimum atomic E-state index is -0.554. The smallest absolute Gasteiger partial charge is 0.261 e. The summed E-state index contributed by atoms with van der Waals surface area (Å²) in [5.74, 6) is 1.22. The molecule has 7 heteroatoms. The summed E-state index contributed by atoms with van der Waals surface area (Å²) >= 11 is 0. The molecular formula is C26H36N2O5. The quantitative estimate of drug-likeness (QED) is 0.437. The van der Waals surface area contributed by atoms with Gasteiger partial charge in [-0.25, -0.2) is 0 Å². The Balaban J connectivity index is 2.14. The highest BCUT2D eigenvalue weighted by molar-refractivity contribution is 5.88. The molecule has 180 valence electrons. The first-order valence-electron chi connectivity index (χ1n) is 11.5. The minimum Gasteiger partial charge on any atom is -0.496 e. The molecule has 0 fully saturated rings. The number of carbonyl (C=O) groups is 2. The molecule has 0 heterocycles. The first-order valence-corrected chi connectivity index (χ1v) is 11.5. The zero-order valence-corrected chi connectivity index (χ0v) is 20.1. The molecule has 0 spiro atoms. The van der Waals surface area contributed by atoms with Gasteiger partial charge in [0.05, 0.1) is 14.2 Å². The van der Waals surface area contributed by atoms with Crippen LogP contribution in [0, 0.1) is 0 Å². The van der Waals surface area contributed by atoms with Crippen LogP contribution in [0.3, 0.4) is 0 Å². The van der Waals surface area contributed by atoms with Crippen LogP contribution in [0.5, 0.6) is 17.2 Å². The highest BCUT2D eigenvalue weighted by Gasteiger charge is 2.28. The average molecular weight is 457 g/mol. The fourth-order valence-electron chi connectivity index (χ4n) is 3.49. The summed E-state index contributed by atoms with van der Waals surface area (Å²) in [5.41, 5.74) is 1.11. The first-order chi connectivity index (χ1) is 16.0. The van der Waals surface area contributed by atoms with Gasteiger partial charge < -0.3 is 24.4 Å². The molecular weight excluding hydrogens is 420 g/mol. The number of hydrogen-bond acceptors (Lipinski definition) is 5. The fourth-order valence-corrected chi connectivity index (χ4v) is 3.49. The fraction of sp³-hybridized carbons (Fsp3) is 0.462. The van der Waals surface area contributed by atoms with Gasteiger partial charge in [-0.1, -0.05) is 50.6 Å². The highest BCUT2D eigenvalue weighted by atomic mass is 16.5. The molecule has 33 heavy (non-hydrogen) atoms. The summed E-state index contributed by atoms with van der Waals surface area (Å²) in [4.78, 5) is 27.7. The maximum atomic E-state index is 13.2. The normalized spacial score (nSPS) is 11.4. The second-order valence-corrected chi connectivity index (χ2v) is 7.73. The number of benzene rings is 2. The molecule has 0 bridgehead atoms. The van der Waals surface area contributed by atoms with Gasteiger partial charge in [-0.05, 0) is 24.8 Å². The first kappa shape index (κ1) is 26.0. The van der Waals surface area contributed by atoms with Crippen molar-refractivity contribution in [2.24, 2.45) is 0 Å². The predicted octanol–water partition coefficient (Wildman–Crippen LogP) is 3.85. The number of rotatable bonds is 14. The zero-order chi connectivity index (χ0) is 24.1. The van der Waals surface area contributed by atoms with Crippen molar-refractivity contribution in [3.63, 3.8) is 0 Å². The summed E-state index contributed by atoms with van der Waals surface area (Å²) in [6.45, 7) is 4.83. The molecule has 2 amide bonds. The largest absolute Gasteiger partial charge is 0.496 e. The van der Waals surface area contributed by atoms with Crippen LogP contribution in [-0.4, -0.2) is 56.7 Å². The van der Waals surface area contributed by atoms with Gasteiger partial charge >= 0.3 is 0 Å². The molecule has 0 saturated heterocycles. The summed E-state index contributed by atoms with van der Waals surface area (Å²) in [5, 5.41) is 2.97. The molecule has 0 aromatic heterocycles. The third-order valence-corrected chi connectivity index (χ3v) is 5.39. The lowest BCUT2D eigenvalue weighted by atomic mass is 10.1. The Hall–Kier alpha value is -3.22. The number of carbonyl (C=O) groups excluding carboxylic acids is 2. The van der Waals surface area contributed by atoms with E-state index in [2.05, 4.69) is 12.2 Å². The van der Waals surface area contributed by atoms with Gasteiger partial charge in [0, 0.05) is 31.3 Å². The Bertz CT molecular complexity index is 850. The molecule has 1 atom stereocenters. The van der Waals surface area contributed by atoms with Crippen molar-refractivity contribution in [1.29, 1.82) is 0 Å². The molecule has 0 aliphatic rings. The van der Waals surface area contributed by atoms with E-state index in [1.165, 1.54) is 0 Å². The number of methoxy groups -OCH3 is 2. The molecule has 0 radical (unpaired) electrons. The molecule has 2 aromatic rings. The Morgan fingerprint density at radius 1 is 0.970 bits per heavy atom. The van der Waals surface area contributed by atoms with Crippen molar-refractivity contribution >= 4 is 11.8 Å². The molecule has 2 rings (SSSR count). The second-order valence-electron chi connectivity index (χ2n) is 7.73. The summed E-state index contributed by atoms with van der Waals surface area (Å²) in [6, 6.07) is 14.5. The van der Waals surface area contributed by atoms with Gasteiger partial charge in [-0.3, -0.25) is 9.59 Å². The Kier molecular flexibility index (Phi) is 11.1. The maximum absolute atomic E-state index is 13.2. The van der Waals surface area contributed by atoms with E-state index < -0.39 is 6.04 Å². The van der Waals surface area contributed by atoms with E-state index in [4.69, 9.17) is 14.2 Å². The van der Waals surface area contributed by atoms with Crippen LogP contribution < -0.4 is 19.5 Å². The molecule has 7 nitrogen and oxygen atoms in total. The lowest BCUT2D eigenvalue weighted by Crippen LogP contribution is -2.51. The van der Waals surface area contributed by atoms with Gasteiger partial charge in [0.1, 0.15) is 23.3 Å².